The molecule has 5 nitrogen and oxygen atoms in total. The van der Waals surface area contributed by atoms with Crippen molar-refractivity contribution in [1.29, 1.82) is 0 Å². The van der Waals surface area contributed by atoms with Crippen molar-refractivity contribution in [2.45, 2.75) is 39.7 Å². The Labute approximate surface area is 120 Å². The van der Waals surface area contributed by atoms with Crippen LogP contribution in [0.2, 0.25) is 0 Å². The van der Waals surface area contributed by atoms with E-state index in [0.717, 1.165) is 19.4 Å². The molecule has 1 aliphatic rings. The summed E-state index contributed by atoms with van der Waals surface area (Å²) in [7, 11) is 0. The Morgan fingerprint density at radius 2 is 2.40 bits per heavy atom. The minimum Gasteiger partial charge on any atom is -0.476 e. The Morgan fingerprint density at radius 1 is 1.60 bits per heavy atom. The van der Waals surface area contributed by atoms with Gasteiger partial charge in [0.2, 0.25) is 5.88 Å². The van der Waals surface area contributed by atoms with Crippen LogP contribution in [-0.4, -0.2) is 35.1 Å². The van der Waals surface area contributed by atoms with Crippen molar-refractivity contribution in [3.63, 3.8) is 0 Å². The molecule has 0 bridgehead atoms. The summed E-state index contributed by atoms with van der Waals surface area (Å²) in [5.41, 5.74) is 0.633. The van der Waals surface area contributed by atoms with E-state index in [2.05, 4.69) is 24.1 Å². The molecule has 1 aromatic rings. The van der Waals surface area contributed by atoms with Gasteiger partial charge in [-0.3, -0.25) is 0 Å². The van der Waals surface area contributed by atoms with Crippen LogP contribution in [-0.2, 0) is 0 Å². The second kappa shape index (κ2) is 6.59. The van der Waals surface area contributed by atoms with Crippen LogP contribution < -0.4 is 10.1 Å². The van der Waals surface area contributed by atoms with Gasteiger partial charge in [-0.1, -0.05) is 13.8 Å². The lowest BCUT2D eigenvalue weighted by molar-refractivity contribution is 0.192. The van der Waals surface area contributed by atoms with E-state index in [0.29, 0.717) is 30.1 Å². The third-order valence-electron chi connectivity index (χ3n) is 3.62. The molecule has 0 aromatic carbocycles. The van der Waals surface area contributed by atoms with E-state index in [4.69, 9.17) is 4.74 Å². The fourth-order valence-corrected chi connectivity index (χ4v) is 2.66. The number of amides is 2. The number of anilines is 1. The Kier molecular flexibility index (Phi) is 4.82. The number of urea groups is 1. The largest absolute Gasteiger partial charge is 0.476 e. The van der Waals surface area contributed by atoms with Crippen LogP contribution in [0.5, 0.6) is 5.88 Å². The van der Waals surface area contributed by atoms with E-state index in [-0.39, 0.29) is 6.03 Å². The highest BCUT2D eigenvalue weighted by molar-refractivity contribution is 5.90. The van der Waals surface area contributed by atoms with E-state index < -0.39 is 0 Å². The third-order valence-corrected chi connectivity index (χ3v) is 3.62. The molecular weight excluding hydrogens is 254 g/mol. The van der Waals surface area contributed by atoms with Crippen LogP contribution in [0.4, 0.5) is 10.5 Å². The van der Waals surface area contributed by atoms with Crippen LogP contribution in [0, 0.1) is 5.92 Å². The standard InChI is InChI=1S/C15H23N3O2/c1-4-20-14-12(7-5-9-16-14)17-15(19)18-10-6-8-13(18)11(2)3/h5,7,9,11,13H,4,6,8,10H2,1-3H3,(H,17,19). The van der Waals surface area contributed by atoms with E-state index >= 15 is 0 Å². The van der Waals surface area contributed by atoms with E-state index in [9.17, 15) is 4.79 Å². The normalized spacial score (nSPS) is 18.4. The van der Waals surface area contributed by atoms with Gasteiger partial charge in [0.05, 0.1) is 6.61 Å². The molecule has 1 aromatic heterocycles. The zero-order valence-electron chi connectivity index (χ0n) is 12.4. The number of ether oxygens (including phenoxy) is 1. The lowest BCUT2D eigenvalue weighted by atomic mass is 10.0. The second-order valence-electron chi connectivity index (χ2n) is 5.37. The van der Waals surface area contributed by atoms with Crippen molar-refractivity contribution in [3.05, 3.63) is 18.3 Å². The summed E-state index contributed by atoms with van der Waals surface area (Å²) in [6.45, 7) is 7.56. The predicted octanol–water partition coefficient (Wildman–Crippen LogP) is 3.13. The van der Waals surface area contributed by atoms with Crippen molar-refractivity contribution in [2.24, 2.45) is 5.92 Å². The molecule has 0 aliphatic carbocycles. The maximum atomic E-state index is 12.4. The minimum atomic E-state index is -0.0600. The number of rotatable bonds is 4. The van der Waals surface area contributed by atoms with Crippen molar-refractivity contribution in [1.82, 2.24) is 9.88 Å². The van der Waals surface area contributed by atoms with Gasteiger partial charge in [0.1, 0.15) is 5.69 Å². The third kappa shape index (κ3) is 3.21. The molecule has 2 heterocycles. The van der Waals surface area contributed by atoms with Crippen molar-refractivity contribution >= 4 is 11.7 Å². The summed E-state index contributed by atoms with van der Waals surface area (Å²) in [6.07, 6.45) is 3.81. The lowest BCUT2D eigenvalue weighted by Gasteiger charge is -2.28. The molecule has 1 atom stereocenters. The quantitative estimate of drug-likeness (QED) is 0.920. The molecule has 1 fully saturated rings. The molecule has 1 saturated heterocycles. The number of aromatic nitrogens is 1. The molecule has 1 aliphatic heterocycles. The fourth-order valence-electron chi connectivity index (χ4n) is 2.66. The van der Waals surface area contributed by atoms with Gasteiger partial charge in [-0.2, -0.15) is 0 Å². The first-order valence-corrected chi connectivity index (χ1v) is 7.29. The first-order chi connectivity index (χ1) is 9.63. The first kappa shape index (κ1) is 14.6. The van der Waals surface area contributed by atoms with Gasteiger partial charge in [-0.05, 0) is 37.8 Å². The van der Waals surface area contributed by atoms with Crippen LogP contribution in [0.25, 0.3) is 0 Å². The molecule has 20 heavy (non-hydrogen) atoms. The Morgan fingerprint density at radius 3 is 3.10 bits per heavy atom. The average molecular weight is 277 g/mol. The molecule has 0 spiro atoms. The van der Waals surface area contributed by atoms with Gasteiger partial charge in [-0.15, -0.1) is 0 Å². The highest BCUT2D eigenvalue weighted by Gasteiger charge is 2.31. The van der Waals surface area contributed by atoms with Crippen molar-refractivity contribution in [3.8, 4) is 5.88 Å². The molecule has 1 unspecified atom stereocenters. The summed E-state index contributed by atoms with van der Waals surface area (Å²) in [6, 6.07) is 3.87. The highest BCUT2D eigenvalue weighted by atomic mass is 16.5. The smallest absolute Gasteiger partial charge is 0.322 e. The molecule has 2 amide bonds. The number of pyridine rings is 1. The Balaban J connectivity index is 2.08. The summed E-state index contributed by atoms with van der Waals surface area (Å²) in [5, 5.41) is 2.92. The monoisotopic (exact) mass is 277 g/mol. The van der Waals surface area contributed by atoms with E-state index in [1.54, 1.807) is 12.3 Å². The molecular formula is C15H23N3O2. The van der Waals surface area contributed by atoms with Crippen molar-refractivity contribution in [2.75, 3.05) is 18.5 Å². The molecule has 0 saturated carbocycles. The number of likely N-dealkylation sites (tertiary alicyclic amines) is 1. The number of hydrogen-bond donors (Lipinski definition) is 1. The molecule has 1 N–H and O–H groups in total. The minimum absolute atomic E-state index is 0.0600. The van der Waals surface area contributed by atoms with Gasteiger partial charge in [-0.25, -0.2) is 9.78 Å². The van der Waals surface area contributed by atoms with Crippen LogP contribution in [0.1, 0.15) is 33.6 Å². The highest BCUT2D eigenvalue weighted by Crippen LogP contribution is 2.26. The summed E-state index contributed by atoms with van der Waals surface area (Å²) >= 11 is 0. The molecule has 2 rings (SSSR count). The van der Waals surface area contributed by atoms with Crippen LogP contribution >= 0.6 is 0 Å². The zero-order chi connectivity index (χ0) is 14.5. The van der Waals surface area contributed by atoms with Gasteiger partial charge in [0.25, 0.3) is 0 Å². The Hall–Kier alpha value is -1.78. The summed E-state index contributed by atoms with van der Waals surface area (Å²) in [5.74, 6) is 0.951. The fraction of sp³-hybridized carbons (Fsp3) is 0.600. The van der Waals surface area contributed by atoms with Gasteiger partial charge in [0.15, 0.2) is 0 Å². The van der Waals surface area contributed by atoms with Crippen LogP contribution in [0.15, 0.2) is 18.3 Å². The second-order valence-corrected chi connectivity index (χ2v) is 5.37. The number of hydrogen-bond acceptors (Lipinski definition) is 3. The first-order valence-electron chi connectivity index (χ1n) is 7.29. The predicted molar refractivity (Wildman–Crippen MR) is 79.0 cm³/mol. The number of carbonyl (C=O) groups excluding carboxylic acids is 1. The van der Waals surface area contributed by atoms with Gasteiger partial charge < -0.3 is 15.0 Å². The van der Waals surface area contributed by atoms with Crippen LogP contribution in [0.3, 0.4) is 0 Å². The SMILES string of the molecule is CCOc1ncccc1NC(=O)N1CCCC1C(C)C. The van der Waals surface area contributed by atoms with E-state index in [1.165, 1.54) is 0 Å². The zero-order valence-corrected chi connectivity index (χ0v) is 12.4. The number of nitrogens with zero attached hydrogens (tertiary/aromatic N) is 2. The summed E-state index contributed by atoms with van der Waals surface area (Å²) < 4.78 is 5.43. The topological polar surface area (TPSA) is 54.5 Å². The molecule has 0 radical (unpaired) electrons. The van der Waals surface area contributed by atoms with Crippen molar-refractivity contribution < 1.29 is 9.53 Å². The number of nitrogens with one attached hydrogen (secondary N) is 1. The maximum absolute atomic E-state index is 12.4. The van der Waals surface area contributed by atoms with E-state index in [1.807, 2.05) is 17.9 Å². The lowest BCUT2D eigenvalue weighted by Crippen LogP contribution is -2.41. The van der Waals surface area contributed by atoms with Gasteiger partial charge in [0, 0.05) is 18.8 Å². The average Bonchev–Trinajstić information content (AvgIpc) is 2.91. The summed E-state index contributed by atoms with van der Waals surface area (Å²) in [4.78, 5) is 18.5. The molecule has 5 heteroatoms. The molecule has 110 valence electrons. The number of carbonyl (C=O) groups is 1. The van der Waals surface area contributed by atoms with Gasteiger partial charge >= 0.3 is 6.03 Å². The maximum Gasteiger partial charge on any atom is 0.322 e. The Bertz CT molecular complexity index is 462.